The second-order valence-corrected chi connectivity index (χ2v) is 11.4. The van der Waals surface area contributed by atoms with E-state index in [1.165, 1.54) is 59.8 Å². The molecule has 0 bridgehead atoms. The maximum atomic E-state index is 2.42. The van der Waals surface area contributed by atoms with Crippen molar-refractivity contribution in [3.8, 4) is 5.69 Å². The minimum Gasteiger partial charge on any atom is -0.310 e. The van der Waals surface area contributed by atoms with Crippen molar-refractivity contribution in [3.05, 3.63) is 170 Å². The predicted molar refractivity (Wildman–Crippen MR) is 188 cm³/mol. The van der Waals surface area contributed by atoms with Gasteiger partial charge in [-0.15, -0.1) is 0 Å². The molecule has 2 heteroatoms. The summed E-state index contributed by atoms with van der Waals surface area (Å²) in [5, 5.41) is 10.2. The Hall–Kier alpha value is -5.86. The molecule has 0 unspecified atom stereocenters. The molecule has 9 rings (SSSR count). The fourth-order valence-electron chi connectivity index (χ4n) is 7.01. The van der Waals surface area contributed by atoms with Crippen LogP contribution in [0.1, 0.15) is 0 Å². The first kappa shape index (κ1) is 24.7. The second kappa shape index (κ2) is 9.86. The molecule has 9 aromatic rings. The summed E-state index contributed by atoms with van der Waals surface area (Å²) < 4.78 is 2.42. The van der Waals surface area contributed by atoms with E-state index in [-0.39, 0.29) is 0 Å². The molecule has 0 saturated heterocycles. The number of nitrogens with zero attached hydrogens (tertiary/aromatic N) is 2. The third kappa shape index (κ3) is 3.75. The fourth-order valence-corrected chi connectivity index (χ4v) is 7.01. The van der Waals surface area contributed by atoms with Crippen molar-refractivity contribution in [2.45, 2.75) is 0 Å². The molecule has 0 amide bonds. The van der Waals surface area contributed by atoms with Crippen LogP contribution in [-0.2, 0) is 0 Å². The van der Waals surface area contributed by atoms with Crippen molar-refractivity contribution >= 4 is 71.2 Å². The Labute approximate surface area is 255 Å². The maximum absolute atomic E-state index is 2.42. The quantitative estimate of drug-likeness (QED) is 0.194. The molecule has 2 nitrogen and oxygen atoms in total. The van der Waals surface area contributed by atoms with Gasteiger partial charge in [0.2, 0.25) is 0 Å². The molecular weight excluding hydrogens is 532 g/mol. The molecule has 0 aliphatic rings. The van der Waals surface area contributed by atoms with Gasteiger partial charge in [-0.2, -0.15) is 0 Å². The standard InChI is InChI=1S/C42H28N2/c1-3-13-29(14-4-1)43(30-15-5-2-6-16-30)31-24-26-42-40(28-31)38-21-11-12-22-41(38)44(42)32-23-25-37-35-19-8-7-17-33(35)34-18-9-10-20-36(34)39(37)27-32/h1-28H. The van der Waals surface area contributed by atoms with Crippen molar-refractivity contribution < 1.29 is 0 Å². The van der Waals surface area contributed by atoms with E-state index in [9.17, 15) is 0 Å². The Bertz CT molecular complexity index is 2420. The number of aromatic nitrogens is 1. The number of hydrogen-bond donors (Lipinski definition) is 0. The van der Waals surface area contributed by atoms with Crippen molar-refractivity contribution in [2.75, 3.05) is 4.90 Å². The summed E-state index contributed by atoms with van der Waals surface area (Å²) in [7, 11) is 0. The lowest BCUT2D eigenvalue weighted by molar-refractivity contribution is 1.18. The average molecular weight is 561 g/mol. The van der Waals surface area contributed by atoms with Crippen molar-refractivity contribution in [1.29, 1.82) is 0 Å². The molecule has 0 radical (unpaired) electrons. The molecule has 0 fully saturated rings. The molecule has 1 heterocycles. The van der Waals surface area contributed by atoms with E-state index >= 15 is 0 Å². The number of fused-ring (bicyclic) bond motifs is 9. The maximum Gasteiger partial charge on any atom is 0.0542 e. The van der Waals surface area contributed by atoms with Gasteiger partial charge in [0.15, 0.2) is 0 Å². The molecule has 0 aliphatic heterocycles. The third-order valence-corrected chi connectivity index (χ3v) is 8.93. The van der Waals surface area contributed by atoms with Crippen LogP contribution in [0.25, 0.3) is 59.8 Å². The minimum atomic E-state index is 1.13. The highest BCUT2D eigenvalue weighted by Gasteiger charge is 2.18. The summed E-state index contributed by atoms with van der Waals surface area (Å²) in [6.07, 6.45) is 0. The zero-order valence-electron chi connectivity index (χ0n) is 24.1. The van der Waals surface area contributed by atoms with Gasteiger partial charge in [-0.1, -0.05) is 109 Å². The number of hydrogen-bond acceptors (Lipinski definition) is 1. The minimum absolute atomic E-state index is 1.13. The largest absolute Gasteiger partial charge is 0.310 e. The van der Waals surface area contributed by atoms with E-state index < -0.39 is 0 Å². The lowest BCUT2D eigenvalue weighted by Crippen LogP contribution is -2.09. The van der Waals surface area contributed by atoms with Crippen LogP contribution >= 0.6 is 0 Å². The van der Waals surface area contributed by atoms with Gasteiger partial charge < -0.3 is 9.47 Å². The van der Waals surface area contributed by atoms with Crippen molar-refractivity contribution in [1.82, 2.24) is 4.57 Å². The smallest absolute Gasteiger partial charge is 0.0542 e. The molecule has 0 aliphatic carbocycles. The van der Waals surface area contributed by atoms with Gasteiger partial charge in [0.05, 0.1) is 11.0 Å². The van der Waals surface area contributed by atoms with Crippen LogP contribution in [0.4, 0.5) is 17.1 Å². The first-order valence-electron chi connectivity index (χ1n) is 15.1. The van der Waals surface area contributed by atoms with Crippen LogP contribution in [-0.4, -0.2) is 4.57 Å². The van der Waals surface area contributed by atoms with Gasteiger partial charge >= 0.3 is 0 Å². The highest BCUT2D eigenvalue weighted by molar-refractivity contribution is 6.25. The van der Waals surface area contributed by atoms with Crippen LogP contribution < -0.4 is 4.90 Å². The number of anilines is 3. The molecule has 0 spiro atoms. The van der Waals surface area contributed by atoms with Crippen molar-refractivity contribution in [3.63, 3.8) is 0 Å². The Morgan fingerprint density at radius 3 is 1.39 bits per heavy atom. The Morgan fingerprint density at radius 1 is 0.295 bits per heavy atom. The van der Waals surface area contributed by atoms with Crippen LogP contribution in [0.2, 0.25) is 0 Å². The molecule has 1 aromatic heterocycles. The first-order chi connectivity index (χ1) is 21.8. The van der Waals surface area contributed by atoms with Crippen molar-refractivity contribution in [2.24, 2.45) is 0 Å². The fraction of sp³-hybridized carbons (Fsp3) is 0. The predicted octanol–water partition coefficient (Wildman–Crippen LogP) is 11.7. The van der Waals surface area contributed by atoms with Gasteiger partial charge in [0, 0.05) is 33.5 Å². The molecule has 44 heavy (non-hydrogen) atoms. The van der Waals surface area contributed by atoms with Gasteiger partial charge in [0.25, 0.3) is 0 Å². The summed E-state index contributed by atoms with van der Waals surface area (Å²) in [6, 6.07) is 61.4. The van der Waals surface area contributed by atoms with Gasteiger partial charge in [-0.05, 0) is 93.0 Å². The summed E-state index contributed by atoms with van der Waals surface area (Å²) in [5.74, 6) is 0. The van der Waals surface area contributed by atoms with E-state index in [1.807, 2.05) is 0 Å². The molecular formula is C42H28N2. The van der Waals surface area contributed by atoms with Gasteiger partial charge in [0.1, 0.15) is 0 Å². The topological polar surface area (TPSA) is 8.17 Å². The van der Waals surface area contributed by atoms with Gasteiger partial charge in [-0.25, -0.2) is 0 Å². The van der Waals surface area contributed by atoms with Crippen LogP contribution in [0.5, 0.6) is 0 Å². The zero-order chi connectivity index (χ0) is 29.0. The summed E-state index contributed by atoms with van der Waals surface area (Å²) in [4.78, 5) is 2.33. The summed E-state index contributed by atoms with van der Waals surface area (Å²) in [6.45, 7) is 0. The number of rotatable bonds is 4. The van der Waals surface area contributed by atoms with E-state index in [0.717, 1.165) is 17.1 Å². The molecule has 0 saturated carbocycles. The Kier molecular flexibility index (Phi) is 5.54. The normalized spacial score (nSPS) is 11.6. The number of para-hydroxylation sites is 3. The summed E-state index contributed by atoms with van der Waals surface area (Å²) in [5.41, 5.74) is 6.97. The molecule has 0 atom stereocenters. The van der Waals surface area contributed by atoms with Crippen LogP contribution in [0, 0.1) is 0 Å². The van der Waals surface area contributed by atoms with E-state index in [1.54, 1.807) is 0 Å². The molecule has 0 N–H and O–H groups in total. The van der Waals surface area contributed by atoms with Gasteiger partial charge in [-0.3, -0.25) is 0 Å². The van der Waals surface area contributed by atoms with E-state index in [0.29, 0.717) is 0 Å². The average Bonchev–Trinajstić information content (AvgIpc) is 3.43. The van der Waals surface area contributed by atoms with Crippen LogP contribution in [0.3, 0.4) is 0 Å². The molecule has 8 aromatic carbocycles. The zero-order valence-corrected chi connectivity index (χ0v) is 24.1. The Balaban J connectivity index is 1.30. The molecule has 206 valence electrons. The second-order valence-electron chi connectivity index (χ2n) is 11.4. The first-order valence-corrected chi connectivity index (χ1v) is 15.1. The van der Waals surface area contributed by atoms with E-state index in [4.69, 9.17) is 0 Å². The lowest BCUT2D eigenvalue weighted by atomic mass is 9.94. The number of benzene rings is 8. The van der Waals surface area contributed by atoms with E-state index in [2.05, 4.69) is 179 Å². The lowest BCUT2D eigenvalue weighted by Gasteiger charge is -2.25. The Morgan fingerprint density at radius 2 is 0.773 bits per heavy atom. The highest BCUT2D eigenvalue weighted by atomic mass is 15.1. The third-order valence-electron chi connectivity index (χ3n) is 8.93. The van der Waals surface area contributed by atoms with Crippen LogP contribution in [0.15, 0.2) is 170 Å². The highest BCUT2D eigenvalue weighted by Crippen LogP contribution is 2.41. The monoisotopic (exact) mass is 560 g/mol. The SMILES string of the molecule is c1ccc(N(c2ccccc2)c2ccc3c(c2)c2ccccc2n3-c2ccc3c4ccccc4c4ccccc4c3c2)cc1. The summed E-state index contributed by atoms with van der Waals surface area (Å²) >= 11 is 0.